The van der Waals surface area contributed by atoms with Crippen molar-refractivity contribution in [1.29, 1.82) is 0 Å². The van der Waals surface area contributed by atoms with E-state index in [0.29, 0.717) is 16.5 Å². The average Bonchev–Trinajstić information content (AvgIpc) is 2.93. The van der Waals surface area contributed by atoms with Crippen molar-refractivity contribution >= 4 is 23.2 Å². The number of halogens is 2. The van der Waals surface area contributed by atoms with Crippen LogP contribution in [0.15, 0.2) is 48.5 Å². The molecule has 0 spiro atoms. The second kappa shape index (κ2) is 6.85. The number of aromatic hydroxyl groups is 1. The number of phenols is 1. The Morgan fingerprint density at radius 1 is 1.12 bits per heavy atom. The fourth-order valence-corrected chi connectivity index (χ4v) is 2.96. The number of rotatable bonds is 4. The van der Waals surface area contributed by atoms with Gasteiger partial charge in [-0.1, -0.05) is 35.3 Å². The van der Waals surface area contributed by atoms with Gasteiger partial charge in [0.2, 0.25) is 0 Å². The van der Waals surface area contributed by atoms with Crippen LogP contribution in [0.1, 0.15) is 29.9 Å². The first-order valence-electron chi connectivity index (χ1n) is 7.52. The van der Waals surface area contributed by atoms with E-state index in [2.05, 4.69) is 5.10 Å². The van der Waals surface area contributed by atoms with E-state index in [4.69, 9.17) is 28.9 Å². The van der Waals surface area contributed by atoms with Gasteiger partial charge in [0, 0.05) is 23.2 Å². The number of aromatic nitrogens is 2. The van der Waals surface area contributed by atoms with Crippen LogP contribution in [0.3, 0.4) is 0 Å². The Morgan fingerprint density at radius 3 is 2.46 bits per heavy atom. The lowest BCUT2D eigenvalue weighted by Crippen LogP contribution is -2.07. The monoisotopic (exact) mass is 361 g/mol. The molecule has 3 rings (SSSR count). The highest BCUT2D eigenvalue weighted by Crippen LogP contribution is 2.27. The molecule has 0 amide bonds. The van der Waals surface area contributed by atoms with Crippen LogP contribution >= 0.6 is 23.2 Å². The summed E-state index contributed by atoms with van der Waals surface area (Å²) in [6, 6.07) is 14.2. The van der Waals surface area contributed by atoms with E-state index in [1.165, 1.54) is 0 Å². The number of hydrogen-bond donors (Lipinski definition) is 2. The third kappa shape index (κ3) is 3.56. The van der Waals surface area contributed by atoms with Crippen LogP contribution in [0, 0.1) is 0 Å². The van der Waals surface area contributed by atoms with Gasteiger partial charge < -0.3 is 10.8 Å². The Morgan fingerprint density at radius 2 is 1.83 bits per heavy atom. The van der Waals surface area contributed by atoms with Crippen molar-refractivity contribution in [1.82, 2.24) is 9.78 Å². The molecule has 1 heterocycles. The lowest BCUT2D eigenvalue weighted by atomic mass is 10.1. The van der Waals surface area contributed by atoms with Gasteiger partial charge in [-0.15, -0.1) is 0 Å². The van der Waals surface area contributed by atoms with Gasteiger partial charge in [0.1, 0.15) is 5.75 Å². The summed E-state index contributed by atoms with van der Waals surface area (Å²) in [5, 5.41) is 15.1. The van der Waals surface area contributed by atoms with Gasteiger partial charge in [-0.2, -0.15) is 5.10 Å². The van der Waals surface area contributed by atoms with Crippen LogP contribution in [0.25, 0.3) is 5.69 Å². The van der Waals surface area contributed by atoms with E-state index < -0.39 is 0 Å². The molecule has 3 aromatic rings. The Hall–Kier alpha value is -2.01. The molecule has 124 valence electrons. The molecule has 0 aliphatic rings. The molecular formula is C18H17Cl2N3O. The maximum Gasteiger partial charge on any atom is 0.115 e. The second-order valence-corrected chi connectivity index (χ2v) is 6.54. The highest BCUT2D eigenvalue weighted by atomic mass is 35.5. The van der Waals surface area contributed by atoms with E-state index in [1.807, 2.05) is 31.2 Å². The quantitative estimate of drug-likeness (QED) is 0.719. The van der Waals surface area contributed by atoms with Gasteiger partial charge >= 0.3 is 0 Å². The van der Waals surface area contributed by atoms with E-state index in [1.54, 1.807) is 28.9 Å². The first-order valence-corrected chi connectivity index (χ1v) is 8.27. The highest BCUT2D eigenvalue weighted by Gasteiger charge is 2.15. The molecule has 6 heteroatoms. The number of nitrogens with two attached hydrogens (primary N) is 1. The smallest absolute Gasteiger partial charge is 0.115 e. The lowest BCUT2D eigenvalue weighted by molar-refractivity contribution is 0.475. The molecule has 0 fully saturated rings. The molecule has 0 unspecified atom stereocenters. The van der Waals surface area contributed by atoms with Gasteiger partial charge in [0.25, 0.3) is 0 Å². The Kier molecular flexibility index (Phi) is 4.81. The van der Waals surface area contributed by atoms with Crippen LogP contribution in [-0.2, 0) is 6.42 Å². The summed E-state index contributed by atoms with van der Waals surface area (Å²) in [5.74, 6) is 0.240. The summed E-state index contributed by atoms with van der Waals surface area (Å²) in [5.41, 5.74) is 9.53. The topological polar surface area (TPSA) is 64.1 Å². The zero-order chi connectivity index (χ0) is 17.3. The van der Waals surface area contributed by atoms with Crippen molar-refractivity contribution in [3.63, 3.8) is 0 Å². The van der Waals surface area contributed by atoms with E-state index in [-0.39, 0.29) is 11.8 Å². The number of benzene rings is 2. The third-order valence-electron chi connectivity index (χ3n) is 3.73. The van der Waals surface area contributed by atoms with Crippen LogP contribution in [0.5, 0.6) is 5.75 Å². The van der Waals surface area contributed by atoms with Crippen LogP contribution < -0.4 is 5.73 Å². The maximum absolute atomic E-state index is 9.43. The van der Waals surface area contributed by atoms with E-state index in [0.717, 1.165) is 22.6 Å². The predicted octanol–water partition coefficient (Wildman–Crippen LogP) is 4.50. The predicted molar refractivity (Wildman–Crippen MR) is 97.1 cm³/mol. The van der Waals surface area contributed by atoms with Crippen molar-refractivity contribution in [2.75, 3.05) is 0 Å². The number of phenolic OH excluding ortho intramolecular Hbond substituents is 1. The fraction of sp³-hybridized carbons (Fsp3) is 0.167. The normalized spacial score (nSPS) is 12.3. The molecular weight excluding hydrogens is 345 g/mol. The Balaban J connectivity index is 2.05. The first-order chi connectivity index (χ1) is 11.4. The SMILES string of the molecule is C[C@H](N)c1cc(Cc2ccc(O)cc2)n(-c2ccc(Cl)cc2Cl)n1. The molecule has 0 aliphatic carbocycles. The van der Waals surface area contributed by atoms with E-state index >= 15 is 0 Å². The van der Waals surface area contributed by atoms with Crippen molar-refractivity contribution in [2.45, 2.75) is 19.4 Å². The summed E-state index contributed by atoms with van der Waals surface area (Å²) in [4.78, 5) is 0. The van der Waals surface area contributed by atoms with Crippen LogP contribution in [-0.4, -0.2) is 14.9 Å². The molecule has 24 heavy (non-hydrogen) atoms. The fourth-order valence-electron chi connectivity index (χ4n) is 2.47. The van der Waals surface area contributed by atoms with Gasteiger partial charge in [-0.3, -0.25) is 0 Å². The van der Waals surface area contributed by atoms with Gasteiger partial charge in [-0.05, 0) is 48.9 Å². The van der Waals surface area contributed by atoms with Crippen molar-refractivity contribution in [3.8, 4) is 11.4 Å². The van der Waals surface area contributed by atoms with Gasteiger partial charge in [0.05, 0.1) is 16.4 Å². The molecule has 0 bridgehead atoms. The third-order valence-corrected chi connectivity index (χ3v) is 4.27. The molecule has 1 atom stereocenters. The molecule has 3 N–H and O–H groups in total. The summed E-state index contributed by atoms with van der Waals surface area (Å²) < 4.78 is 1.80. The largest absolute Gasteiger partial charge is 0.508 e. The second-order valence-electron chi connectivity index (χ2n) is 5.70. The van der Waals surface area contributed by atoms with Crippen molar-refractivity contribution in [3.05, 3.63) is 75.5 Å². The Bertz CT molecular complexity index is 857. The summed E-state index contributed by atoms with van der Waals surface area (Å²) in [7, 11) is 0. The summed E-state index contributed by atoms with van der Waals surface area (Å²) in [6.45, 7) is 1.89. The number of nitrogens with zero attached hydrogens (tertiary/aromatic N) is 2. The molecule has 0 radical (unpaired) electrons. The summed E-state index contributed by atoms with van der Waals surface area (Å²) in [6.07, 6.45) is 0.638. The van der Waals surface area contributed by atoms with Crippen molar-refractivity contribution < 1.29 is 5.11 Å². The zero-order valence-electron chi connectivity index (χ0n) is 13.1. The van der Waals surface area contributed by atoms with Gasteiger partial charge in [0.15, 0.2) is 0 Å². The summed E-state index contributed by atoms with van der Waals surface area (Å²) >= 11 is 12.3. The minimum atomic E-state index is -0.184. The zero-order valence-corrected chi connectivity index (χ0v) is 14.6. The number of hydrogen-bond acceptors (Lipinski definition) is 3. The minimum Gasteiger partial charge on any atom is -0.508 e. The molecule has 4 nitrogen and oxygen atoms in total. The minimum absolute atomic E-state index is 0.184. The average molecular weight is 362 g/mol. The molecule has 1 aromatic heterocycles. The molecule has 0 saturated carbocycles. The molecule has 0 saturated heterocycles. The first kappa shape index (κ1) is 16.8. The molecule has 0 aliphatic heterocycles. The standard InChI is InChI=1S/C18H17Cl2N3O/c1-11(21)17-10-14(8-12-2-5-15(24)6-3-12)23(22-17)18-7-4-13(19)9-16(18)20/h2-7,9-11,24H,8,21H2,1H3/t11-/m0/s1. The van der Waals surface area contributed by atoms with Crippen LogP contribution in [0.4, 0.5) is 0 Å². The van der Waals surface area contributed by atoms with Crippen LogP contribution in [0.2, 0.25) is 10.0 Å². The van der Waals surface area contributed by atoms with Gasteiger partial charge in [-0.25, -0.2) is 4.68 Å². The lowest BCUT2D eigenvalue weighted by Gasteiger charge is -2.10. The van der Waals surface area contributed by atoms with Crippen molar-refractivity contribution in [2.24, 2.45) is 5.73 Å². The molecule has 2 aromatic carbocycles. The highest BCUT2D eigenvalue weighted by molar-refractivity contribution is 6.35. The maximum atomic E-state index is 9.43. The Labute approximate surface area is 150 Å². The van der Waals surface area contributed by atoms with E-state index in [9.17, 15) is 5.11 Å².